The summed E-state index contributed by atoms with van der Waals surface area (Å²) in [5.41, 5.74) is 6.83. The maximum atomic E-state index is 12.9. The number of aromatic carboxylic acids is 1. The van der Waals surface area contributed by atoms with Crippen molar-refractivity contribution in [2.24, 2.45) is 0 Å². The molecule has 0 atom stereocenters. The molecular weight excluding hydrogens is 362 g/mol. The van der Waals surface area contributed by atoms with Crippen LogP contribution in [-0.2, 0) is 0 Å². The lowest BCUT2D eigenvalue weighted by Gasteiger charge is -2.19. The average Bonchev–Trinajstić information content (AvgIpc) is 3.13. The van der Waals surface area contributed by atoms with E-state index < -0.39 is 5.97 Å². The standard InChI is InChI=1S/C25H27NO3/c1-4-18(5-2)23(19-11-13-21(14-12-19)25(28)29)22-16-26(15-17(22)3)24(27)20-9-7-6-8-10-20/h6-14H,4-5,15-16H2,1-3H3,(H,28,29). The first kappa shape index (κ1) is 20.6. The zero-order valence-electron chi connectivity index (χ0n) is 17.2. The number of amides is 1. The lowest BCUT2D eigenvalue weighted by atomic mass is 9.88. The molecule has 4 heteroatoms. The number of carbonyl (C=O) groups excluding carboxylic acids is 1. The van der Waals surface area contributed by atoms with Crippen LogP contribution in [0.25, 0.3) is 5.57 Å². The van der Waals surface area contributed by atoms with Gasteiger partial charge in [0, 0.05) is 18.7 Å². The molecule has 1 aliphatic rings. The minimum absolute atomic E-state index is 0.0371. The fourth-order valence-electron chi connectivity index (χ4n) is 3.94. The molecule has 150 valence electrons. The van der Waals surface area contributed by atoms with Crippen LogP contribution < -0.4 is 0 Å². The summed E-state index contributed by atoms with van der Waals surface area (Å²) in [5, 5.41) is 9.21. The van der Waals surface area contributed by atoms with Gasteiger partial charge in [0.1, 0.15) is 0 Å². The number of rotatable bonds is 6. The highest BCUT2D eigenvalue weighted by Gasteiger charge is 2.28. The predicted octanol–water partition coefficient (Wildman–Crippen LogP) is 5.43. The van der Waals surface area contributed by atoms with Crippen molar-refractivity contribution in [3.05, 3.63) is 88.0 Å². The van der Waals surface area contributed by atoms with E-state index in [1.165, 1.54) is 16.7 Å². The van der Waals surface area contributed by atoms with Crippen molar-refractivity contribution in [1.29, 1.82) is 0 Å². The van der Waals surface area contributed by atoms with E-state index in [1.54, 1.807) is 12.1 Å². The lowest BCUT2D eigenvalue weighted by Crippen LogP contribution is -2.29. The van der Waals surface area contributed by atoms with Crippen molar-refractivity contribution in [3.8, 4) is 0 Å². The summed E-state index contributed by atoms with van der Waals surface area (Å²) in [6.07, 6.45) is 1.83. The molecule has 0 fully saturated rings. The summed E-state index contributed by atoms with van der Waals surface area (Å²) in [7, 11) is 0. The first-order chi connectivity index (χ1) is 14.0. The number of hydrogen-bond donors (Lipinski definition) is 1. The quantitative estimate of drug-likeness (QED) is 0.716. The Bertz CT molecular complexity index is 963. The summed E-state index contributed by atoms with van der Waals surface area (Å²) >= 11 is 0. The molecule has 3 rings (SSSR count). The first-order valence-corrected chi connectivity index (χ1v) is 10.0. The van der Waals surface area contributed by atoms with Gasteiger partial charge in [-0.05, 0) is 66.3 Å². The Morgan fingerprint density at radius 3 is 2.00 bits per heavy atom. The monoisotopic (exact) mass is 389 g/mol. The summed E-state index contributed by atoms with van der Waals surface area (Å²) in [4.78, 5) is 26.1. The molecular formula is C25H27NO3. The molecule has 1 amide bonds. The van der Waals surface area contributed by atoms with Crippen LogP contribution in [0.15, 0.2) is 71.3 Å². The van der Waals surface area contributed by atoms with E-state index in [1.807, 2.05) is 47.4 Å². The number of allylic oxidation sites excluding steroid dienone is 1. The van der Waals surface area contributed by atoms with E-state index in [-0.39, 0.29) is 11.5 Å². The van der Waals surface area contributed by atoms with E-state index in [0.29, 0.717) is 18.7 Å². The topological polar surface area (TPSA) is 57.6 Å². The van der Waals surface area contributed by atoms with E-state index in [4.69, 9.17) is 0 Å². The molecule has 0 spiro atoms. The number of carboxylic acids is 1. The first-order valence-electron chi connectivity index (χ1n) is 10.0. The molecule has 29 heavy (non-hydrogen) atoms. The van der Waals surface area contributed by atoms with Crippen molar-refractivity contribution in [3.63, 3.8) is 0 Å². The van der Waals surface area contributed by atoms with Gasteiger partial charge < -0.3 is 10.0 Å². The van der Waals surface area contributed by atoms with Crippen molar-refractivity contribution >= 4 is 17.4 Å². The van der Waals surface area contributed by atoms with Crippen molar-refractivity contribution in [2.75, 3.05) is 13.1 Å². The van der Waals surface area contributed by atoms with Gasteiger partial charge in [0.2, 0.25) is 0 Å². The molecule has 0 radical (unpaired) electrons. The fourth-order valence-corrected chi connectivity index (χ4v) is 3.94. The molecule has 0 aromatic heterocycles. The van der Waals surface area contributed by atoms with Gasteiger partial charge in [0.15, 0.2) is 0 Å². The van der Waals surface area contributed by atoms with Crippen LogP contribution in [0.2, 0.25) is 0 Å². The van der Waals surface area contributed by atoms with Crippen LogP contribution in [0.4, 0.5) is 0 Å². The Labute approximate surface area is 172 Å². The zero-order valence-corrected chi connectivity index (χ0v) is 17.2. The Hall–Kier alpha value is -3.14. The summed E-state index contributed by atoms with van der Waals surface area (Å²) in [6, 6.07) is 16.4. The van der Waals surface area contributed by atoms with Crippen molar-refractivity contribution in [2.45, 2.75) is 33.6 Å². The molecule has 2 aromatic rings. The Morgan fingerprint density at radius 2 is 1.45 bits per heavy atom. The fraction of sp³-hybridized carbons (Fsp3) is 0.280. The highest BCUT2D eigenvalue weighted by molar-refractivity contribution is 5.96. The molecule has 1 aliphatic heterocycles. The summed E-state index contributed by atoms with van der Waals surface area (Å²) in [6.45, 7) is 7.55. The second kappa shape index (κ2) is 8.91. The second-order valence-electron chi connectivity index (χ2n) is 7.35. The highest BCUT2D eigenvalue weighted by atomic mass is 16.4. The molecule has 1 heterocycles. The predicted molar refractivity (Wildman–Crippen MR) is 116 cm³/mol. The third-order valence-electron chi connectivity index (χ3n) is 5.53. The molecule has 2 aromatic carbocycles. The van der Waals surface area contributed by atoms with Gasteiger partial charge in [-0.1, -0.05) is 49.8 Å². The third kappa shape index (κ3) is 4.32. The van der Waals surface area contributed by atoms with Crippen molar-refractivity contribution in [1.82, 2.24) is 4.90 Å². The van der Waals surface area contributed by atoms with Gasteiger partial charge in [-0.3, -0.25) is 4.79 Å². The summed E-state index contributed by atoms with van der Waals surface area (Å²) in [5.74, 6) is -0.890. The van der Waals surface area contributed by atoms with Gasteiger partial charge in [0.05, 0.1) is 5.56 Å². The SMILES string of the molecule is CCC(CC)=C(C1=C(C)CN(C(=O)c2ccccc2)C1)c1ccc(C(=O)O)cc1. The van der Waals surface area contributed by atoms with E-state index >= 15 is 0 Å². The maximum absolute atomic E-state index is 12.9. The van der Waals surface area contributed by atoms with Crippen LogP contribution in [-0.4, -0.2) is 35.0 Å². The van der Waals surface area contributed by atoms with Crippen molar-refractivity contribution < 1.29 is 14.7 Å². The van der Waals surface area contributed by atoms with E-state index in [2.05, 4.69) is 20.8 Å². The van der Waals surface area contributed by atoms with E-state index in [0.717, 1.165) is 24.0 Å². The highest BCUT2D eigenvalue weighted by Crippen LogP contribution is 2.36. The summed E-state index contributed by atoms with van der Waals surface area (Å²) < 4.78 is 0. The largest absolute Gasteiger partial charge is 0.478 e. The Kier molecular flexibility index (Phi) is 6.32. The smallest absolute Gasteiger partial charge is 0.335 e. The van der Waals surface area contributed by atoms with Crippen LogP contribution >= 0.6 is 0 Å². The van der Waals surface area contributed by atoms with Gasteiger partial charge in [0.25, 0.3) is 5.91 Å². The van der Waals surface area contributed by atoms with Gasteiger partial charge in [-0.2, -0.15) is 0 Å². The third-order valence-corrected chi connectivity index (χ3v) is 5.53. The lowest BCUT2D eigenvalue weighted by molar-refractivity contribution is 0.0696. The number of benzene rings is 2. The van der Waals surface area contributed by atoms with Gasteiger partial charge >= 0.3 is 5.97 Å². The van der Waals surface area contributed by atoms with Gasteiger partial charge in [-0.15, -0.1) is 0 Å². The number of carboxylic acid groups (broad SMARTS) is 1. The molecule has 0 aliphatic carbocycles. The van der Waals surface area contributed by atoms with E-state index in [9.17, 15) is 14.7 Å². The number of carbonyl (C=O) groups is 2. The van der Waals surface area contributed by atoms with Crippen LogP contribution in [0, 0.1) is 0 Å². The maximum Gasteiger partial charge on any atom is 0.335 e. The number of nitrogens with zero attached hydrogens (tertiary/aromatic N) is 1. The number of hydrogen-bond acceptors (Lipinski definition) is 2. The second-order valence-corrected chi connectivity index (χ2v) is 7.35. The molecule has 0 saturated carbocycles. The Morgan fingerprint density at radius 1 is 0.862 bits per heavy atom. The average molecular weight is 389 g/mol. The molecule has 0 unspecified atom stereocenters. The van der Waals surface area contributed by atoms with Gasteiger partial charge in [-0.25, -0.2) is 4.79 Å². The molecule has 1 N–H and O–H groups in total. The molecule has 4 nitrogen and oxygen atoms in total. The molecule has 0 bridgehead atoms. The van der Waals surface area contributed by atoms with Crippen LogP contribution in [0.5, 0.6) is 0 Å². The van der Waals surface area contributed by atoms with Crippen LogP contribution in [0.3, 0.4) is 0 Å². The normalized spacial score (nSPS) is 13.6. The molecule has 0 saturated heterocycles. The van der Waals surface area contributed by atoms with Crippen LogP contribution in [0.1, 0.15) is 59.9 Å². The minimum Gasteiger partial charge on any atom is -0.478 e. The minimum atomic E-state index is -0.927. The zero-order chi connectivity index (χ0) is 21.0. The Balaban J connectivity index is 1.96.